The molecule has 4 nitrogen and oxygen atoms in total. The lowest BCUT2D eigenvalue weighted by Crippen LogP contribution is -2.63. The Bertz CT molecular complexity index is 1080. The van der Waals surface area contributed by atoms with Crippen molar-refractivity contribution < 1.29 is 13.5 Å². The second kappa shape index (κ2) is 8.04. The van der Waals surface area contributed by atoms with Gasteiger partial charge < -0.3 is 9.64 Å². The number of hydrogen-bond acceptors (Lipinski definition) is 5. The number of hydrogen-bond donors (Lipinski definition) is 0. The van der Waals surface area contributed by atoms with E-state index in [0.29, 0.717) is 0 Å². The molecule has 0 spiro atoms. The Morgan fingerprint density at radius 2 is 2.00 bits per heavy atom. The summed E-state index contributed by atoms with van der Waals surface area (Å²) in [5.41, 5.74) is 2.61. The van der Waals surface area contributed by atoms with Crippen LogP contribution in [0.1, 0.15) is 23.5 Å². The summed E-state index contributed by atoms with van der Waals surface area (Å²) in [5.74, 6) is -0.0977. The number of aryl methyl sites for hydroxylation is 1. The van der Waals surface area contributed by atoms with Crippen LogP contribution in [-0.2, 0) is 0 Å². The van der Waals surface area contributed by atoms with Gasteiger partial charge >= 0.3 is 0 Å². The molecular weight excluding hydrogens is 416 g/mol. The Morgan fingerprint density at radius 3 is 2.71 bits per heavy atom. The Hall–Kier alpha value is -2.80. The van der Waals surface area contributed by atoms with Gasteiger partial charge in [0.15, 0.2) is 0 Å². The molecule has 1 aromatic carbocycles. The Morgan fingerprint density at radius 1 is 1.23 bits per heavy atom. The lowest BCUT2D eigenvalue weighted by molar-refractivity contribution is -0.0733. The molecule has 7 heteroatoms. The average Bonchev–Trinajstić information content (AvgIpc) is 3.14. The zero-order chi connectivity index (χ0) is 21.5. The van der Waals surface area contributed by atoms with Gasteiger partial charge in [-0.05, 0) is 37.3 Å². The van der Waals surface area contributed by atoms with Crippen molar-refractivity contribution in [2.75, 3.05) is 6.61 Å². The molecule has 3 aliphatic rings. The fraction of sp³-hybridized carbons (Fsp3) is 0.333. The van der Waals surface area contributed by atoms with E-state index in [1.807, 2.05) is 25.1 Å². The number of piperidine rings is 2. The van der Waals surface area contributed by atoms with Gasteiger partial charge in [0, 0.05) is 12.1 Å². The van der Waals surface area contributed by atoms with Crippen molar-refractivity contribution in [2.24, 2.45) is 5.92 Å². The molecule has 4 heterocycles. The molecule has 1 aliphatic carbocycles. The summed E-state index contributed by atoms with van der Waals surface area (Å²) in [5, 5.41) is 0.943. The maximum atomic E-state index is 15.3. The number of thiazole rings is 1. The van der Waals surface area contributed by atoms with Crippen LogP contribution < -0.4 is 4.74 Å². The van der Waals surface area contributed by atoms with E-state index < -0.39 is 18.0 Å². The minimum Gasteiger partial charge on any atom is -0.475 e. The molecule has 2 aromatic heterocycles. The standard InChI is InChI=1S/C24H23F2N3OS/c1-14(23-24(31-15(2)28-23)16-6-4-3-5-7-16)29-19-10-17(11-19)22(26)20(29)13-30-21-9-8-18(25)12-27-21/h3-9,12,17,19-20,22H,1,10-11,13H2,2H3/t17?,19?,20-,22+/m1/s1. The number of ether oxygens (including phenoxy) is 1. The van der Waals surface area contributed by atoms with Crippen molar-refractivity contribution in [3.05, 3.63) is 71.8 Å². The number of benzene rings is 1. The minimum absolute atomic E-state index is 0.0505. The summed E-state index contributed by atoms with van der Waals surface area (Å²) in [6.07, 6.45) is 1.70. The van der Waals surface area contributed by atoms with Gasteiger partial charge in [-0.2, -0.15) is 0 Å². The second-order valence-electron chi connectivity index (χ2n) is 8.15. The number of alkyl halides is 1. The molecule has 1 saturated carbocycles. The van der Waals surface area contributed by atoms with E-state index in [2.05, 4.69) is 28.6 Å². The predicted molar refractivity (Wildman–Crippen MR) is 118 cm³/mol. The van der Waals surface area contributed by atoms with Gasteiger partial charge in [-0.25, -0.2) is 18.7 Å². The number of rotatable bonds is 6. The number of aromatic nitrogens is 2. The monoisotopic (exact) mass is 439 g/mol. The number of halogens is 2. The first-order valence-electron chi connectivity index (χ1n) is 10.4. The first-order chi connectivity index (χ1) is 15.0. The number of pyridine rings is 1. The van der Waals surface area contributed by atoms with E-state index in [9.17, 15) is 4.39 Å². The Labute approximate surface area is 184 Å². The molecule has 0 unspecified atom stereocenters. The highest BCUT2D eigenvalue weighted by Crippen LogP contribution is 2.48. The van der Waals surface area contributed by atoms with Crippen LogP contribution in [0.15, 0.2) is 55.2 Å². The van der Waals surface area contributed by atoms with E-state index in [1.54, 1.807) is 11.3 Å². The largest absolute Gasteiger partial charge is 0.475 e. The first-order valence-corrected chi connectivity index (χ1v) is 11.2. The molecule has 3 fully saturated rings. The first kappa shape index (κ1) is 20.1. The van der Waals surface area contributed by atoms with Crippen LogP contribution in [-0.4, -0.2) is 39.7 Å². The Balaban J connectivity index is 1.43. The highest BCUT2D eigenvalue weighted by Gasteiger charge is 2.52. The van der Waals surface area contributed by atoms with Crippen LogP contribution in [0.2, 0.25) is 0 Å². The highest BCUT2D eigenvalue weighted by atomic mass is 32.1. The summed E-state index contributed by atoms with van der Waals surface area (Å²) in [4.78, 5) is 11.8. The fourth-order valence-electron chi connectivity index (χ4n) is 4.60. The lowest BCUT2D eigenvalue weighted by atomic mass is 9.69. The van der Waals surface area contributed by atoms with E-state index >= 15 is 4.39 Å². The van der Waals surface area contributed by atoms with Crippen LogP contribution in [0.3, 0.4) is 0 Å². The summed E-state index contributed by atoms with van der Waals surface area (Å²) in [7, 11) is 0. The van der Waals surface area contributed by atoms with Crippen molar-refractivity contribution in [1.82, 2.24) is 14.9 Å². The highest BCUT2D eigenvalue weighted by molar-refractivity contribution is 7.15. The van der Waals surface area contributed by atoms with Crippen molar-refractivity contribution in [2.45, 2.75) is 38.0 Å². The maximum absolute atomic E-state index is 15.3. The van der Waals surface area contributed by atoms with E-state index in [4.69, 9.17) is 9.72 Å². The van der Waals surface area contributed by atoms with Crippen LogP contribution in [0.25, 0.3) is 16.1 Å². The molecule has 2 aliphatic heterocycles. The van der Waals surface area contributed by atoms with Gasteiger partial charge in [0.25, 0.3) is 0 Å². The fourth-order valence-corrected chi connectivity index (χ4v) is 5.54. The van der Waals surface area contributed by atoms with Gasteiger partial charge in [-0.15, -0.1) is 11.3 Å². The van der Waals surface area contributed by atoms with Crippen LogP contribution >= 0.6 is 11.3 Å². The van der Waals surface area contributed by atoms with E-state index in [1.165, 1.54) is 12.1 Å². The Kier molecular flexibility index (Phi) is 5.22. The summed E-state index contributed by atoms with van der Waals surface area (Å²) < 4.78 is 34.2. The van der Waals surface area contributed by atoms with Crippen molar-refractivity contribution in [3.8, 4) is 16.3 Å². The third-order valence-corrected chi connectivity index (χ3v) is 7.20. The second-order valence-corrected chi connectivity index (χ2v) is 9.36. The van der Waals surface area contributed by atoms with E-state index in [0.717, 1.165) is 45.9 Å². The molecule has 0 radical (unpaired) electrons. The molecule has 0 N–H and O–H groups in total. The van der Waals surface area contributed by atoms with Crippen LogP contribution in [0.5, 0.6) is 5.88 Å². The molecule has 2 atom stereocenters. The number of nitrogens with zero attached hydrogens (tertiary/aromatic N) is 3. The SMILES string of the molecule is C=C(c1nc(C)sc1-c1ccccc1)N1C2CC(C2)[C@H](F)[C@H]1COc1ccc(F)cn1. The van der Waals surface area contributed by atoms with Gasteiger partial charge in [0.05, 0.1) is 27.8 Å². The van der Waals surface area contributed by atoms with Crippen molar-refractivity contribution in [3.63, 3.8) is 0 Å². The molecule has 3 aromatic rings. The zero-order valence-corrected chi connectivity index (χ0v) is 18.0. The van der Waals surface area contributed by atoms with Crippen LogP contribution in [0.4, 0.5) is 8.78 Å². The minimum atomic E-state index is -1.03. The summed E-state index contributed by atoms with van der Waals surface area (Å²) in [6.45, 7) is 6.45. The van der Waals surface area contributed by atoms with Gasteiger partial charge in [-0.1, -0.05) is 36.9 Å². The molecule has 6 rings (SSSR count). The van der Waals surface area contributed by atoms with Gasteiger partial charge in [-0.3, -0.25) is 0 Å². The number of fused-ring (bicyclic) bond motifs is 2. The molecular formula is C24H23F2N3OS. The molecule has 31 heavy (non-hydrogen) atoms. The maximum Gasteiger partial charge on any atom is 0.213 e. The van der Waals surface area contributed by atoms with Crippen molar-refractivity contribution in [1.29, 1.82) is 0 Å². The molecule has 160 valence electrons. The molecule has 0 amide bonds. The molecule has 2 saturated heterocycles. The third kappa shape index (κ3) is 3.71. The summed E-state index contributed by atoms with van der Waals surface area (Å²) in [6, 6.07) is 12.6. The smallest absolute Gasteiger partial charge is 0.213 e. The van der Waals surface area contributed by atoms with Gasteiger partial charge in [0.1, 0.15) is 24.3 Å². The van der Waals surface area contributed by atoms with Gasteiger partial charge in [0.2, 0.25) is 5.88 Å². The average molecular weight is 440 g/mol. The van der Waals surface area contributed by atoms with E-state index in [-0.39, 0.29) is 24.4 Å². The van der Waals surface area contributed by atoms with Crippen LogP contribution in [0, 0.1) is 18.7 Å². The lowest BCUT2D eigenvalue weighted by Gasteiger charge is -2.56. The molecule has 2 bridgehead atoms. The van der Waals surface area contributed by atoms with Crippen molar-refractivity contribution >= 4 is 17.0 Å². The predicted octanol–water partition coefficient (Wildman–Crippen LogP) is 5.50. The third-order valence-electron chi connectivity index (χ3n) is 6.18. The zero-order valence-electron chi connectivity index (χ0n) is 17.2. The normalized spacial score (nSPS) is 24.5. The topological polar surface area (TPSA) is 38.2 Å². The summed E-state index contributed by atoms with van der Waals surface area (Å²) >= 11 is 1.62. The quantitative estimate of drug-likeness (QED) is 0.508.